The molecule has 3 aromatic carbocycles. The third kappa shape index (κ3) is 5.88. The number of ether oxygens (including phenoxy) is 1. The number of halogens is 1. The fraction of sp³-hybridized carbons (Fsp3) is 0.240. The number of carbonyl (C=O) groups excluding carboxylic acids is 1. The highest BCUT2D eigenvalue weighted by atomic mass is 35.5. The van der Waals surface area contributed by atoms with E-state index in [2.05, 4.69) is 15.5 Å². The van der Waals surface area contributed by atoms with E-state index < -0.39 is 9.84 Å². The largest absolute Gasteiger partial charge is 0.497 e. The summed E-state index contributed by atoms with van der Waals surface area (Å²) >= 11 is 5.92. The molecule has 0 saturated carbocycles. The van der Waals surface area contributed by atoms with Crippen molar-refractivity contribution in [1.29, 1.82) is 0 Å². The van der Waals surface area contributed by atoms with Crippen molar-refractivity contribution in [3.8, 4) is 5.75 Å². The molecule has 7 nitrogen and oxygen atoms in total. The number of rotatable bonds is 8. The number of nitrogens with zero attached hydrogens (tertiary/aromatic N) is 1. The number of urea groups is 1. The Morgan fingerprint density at radius 3 is 2.32 bits per heavy atom. The molecule has 0 radical (unpaired) electrons. The van der Waals surface area contributed by atoms with E-state index in [1.165, 1.54) is 17.7 Å². The van der Waals surface area contributed by atoms with Crippen molar-refractivity contribution in [2.45, 2.75) is 30.3 Å². The molecule has 0 aliphatic carbocycles. The zero-order chi connectivity index (χ0) is 24.1. The molecule has 34 heavy (non-hydrogen) atoms. The van der Waals surface area contributed by atoms with Gasteiger partial charge in [0.25, 0.3) is 0 Å². The van der Waals surface area contributed by atoms with Gasteiger partial charge in [0, 0.05) is 25.3 Å². The van der Waals surface area contributed by atoms with Crippen molar-refractivity contribution in [3.63, 3.8) is 0 Å². The van der Waals surface area contributed by atoms with Crippen molar-refractivity contribution in [2.75, 3.05) is 18.4 Å². The van der Waals surface area contributed by atoms with Gasteiger partial charge < -0.3 is 15.4 Å². The van der Waals surface area contributed by atoms with Crippen LogP contribution in [0.3, 0.4) is 0 Å². The number of nitrogens with one attached hydrogen (secondary N) is 2. The highest BCUT2D eigenvalue weighted by Gasteiger charge is 2.21. The van der Waals surface area contributed by atoms with Crippen LogP contribution in [0.15, 0.2) is 71.6 Å². The molecule has 0 saturated heterocycles. The Morgan fingerprint density at radius 2 is 1.65 bits per heavy atom. The number of benzene rings is 3. The maximum absolute atomic E-state index is 12.9. The second-order valence-corrected chi connectivity index (χ2v) is 10.4. The molecule has 0 spiro atoms. The second-order valence-electron chi connectivity index (χ2n) is 8.15. The minimum absolute atomic E-state index is 0.0870. The predicted molar refractivity (Wildman–Crippen MR) is 133 cm³/mol. The van der Waals surface area contributed by atoms with Gasteiger partial charge in [0.15, 0.2) is 9.84 Å². The van der Waals surface area contributed by atoms with Crippen molar-refractivity contribution >= 4 is 33.2 Å². The van der Waals surface area contributed by atoms with Gasteiger partial charge in [0.05, 0.1) is 23.8 Å². The van der Waals surface area contributed by atoms with E-state index in [9.17, 15) is 13.2 Å². The average Bonchev–Trinajstić information content (AvgIpc) is 3.26. The summed E-state index contributed by atoms with van der Waals surface area (Å²) in [6, 6.07) is 19.4. The summed E-state index contributed by atoms with van der Waals surface area (Å²) in [4.78, 5) is 14.5. The normalized spacial score (nSPS) is 13.4. The molecule has 0 aromatic heterocycles. The summed E-state index contributed by atoms with van der Waals surface area (Å²) in [5.74, 6) is 0.661. The summed E-state index contributed by atoms with van der Waals surface area (Å²) in [5.41, 5.74) is 4.48. The summed E-state index contributed by atoms with van der Waals surface area (Å²) in [7, 11) is -1.93. The van der Waals surface area contributed by atoms with Gasteiger partial charge in [-0.1, -0.05) is 30.3 Å². The molecule has 0 bridgehead atoms. The Labute approximate surface area is 204 Å². The Morgan fingerprint density at radius 1 is 0.971 bits per heavy atom. The average molecular weight is 500 g/mol. The van der Waals surface area contributed by atoms with Gasteiger partial charge in [-0.05, 0) is 58.7 Å². The summed E-state index contributed by atoms with van der Waals surface area (Å²) in [6.45, 7) is 1.87. The van der Waals surface area contributed by atoms with Crippen LogP contribution < -0.4 is 15.4 Å². The van der Waals surface area contributed by atoms with Crippen molar-refractivity contribution < 1.29 is 17.9 Å². The van der Waals surface area contributed by atoms with Gasteiger partial charge in [0.2, 0.25) is 0 Å². The van der Waals surface area contributed by atoms with Crippen LogP contribution in [0, 0.1) is 0 Å². The fourth-order valence-electron chi connectivity index (χ4n) is 3.84. The molecule has 2 amide bonds. The topological polar surface area (TPSA) is 87.7 Å². The quantitative estimate of drug-likeness (QED) is 0.352. The summed E-state index contributed by atoms with van der Waals surface area (Å²) < 4.78 is 31.0. The van der Waals surface area contributed by atoms with E-state index in [1.54, 1.807) is 19.2 Å². The third-order valence-electron chi connectivity index (χ3n) is 5.67. The summed E-state index contributed by atoms with van der Waals surface area (Å²) in [6.07, 6.45) is 0. The molecule has 3 aromatic rings. The van der Waals surface area contributed by atoms with E-state index in [4.69, 9.17) is 16.3 Å². The Balaban J connectivity index is 1.33. The molecule has 4 rings (SSSR count). The van der Waals surface area contributed by atoms with Crippen LogP contribution in [0.25, 0.3) is 0 Å². The highest BCUT2D eigenvalue weighted by molar-refractivity contribution is 7.90. The van der Waals surface area contributed by atoms with Crippen LogP contribution in [0.4, 0.5) is 10.5 Å². The van der Waals surface area contributed by atoms with Crippen LogP contribution in [0.2, 0.25) is 0 Å². The third-order valence-corrected chi connectivity index (χ3v) is 7.71. The van der Waals surface area contributed by atoms with Crippen LogP contribution >= 0.6 is 11.6 Å². The first-order valence-corrected chi connectivity index (χ1v) is 12.9. The minimum Gasteiger partial charge on any atom is -0.497 e. The number of alkyl halides is 1. The number of anilines is 1. The monoisotopic (exact) mass is 499 g/mol. The number of hydrogen-bond acceptors (Lipinski definition) is 5. The number of sulfone groups is 1. The van der Waals surface area contributed by atoms with Crippen LogP contribution in [0.1, 0.15) is 22.3 Å². The number of fused-ring (bicyclic) bond motifs is 1. The van der Waals surface area contributed by atoms with Crippen LogP contribution in [-0.4, -0.2) is 32.5 Å². The standard InChI is InChI=1S/C25H26ClN3O4S/c1-33-23-8-3-18(4-9-23)13-27-25(30)28-22-6-10-24(11-7-22)34(31,32)16-19-2-5-20-14-29(17-26)15-21(20)12-19/h2-12H,13-17H2,1H3,(H2,27,28,30). The number of hydrogen-bond donors (Lipinski definition) is 2. The Hall–Kier alpha value is -3.07. The molecule has 1 heterocycles. The zero-order valence-corrected chi connectivity index (χ0v) is 20.3. The molecular weight excluding hydrogens is 474 g/mol. The zero-order valence-electron chi connectivity index (χ0n) is 18.8. The second kappa shape index (κ2) is 10.5. The lowest BCUT2D eigenvalue weighted by molar-refractivity contribution is 0.251. The predicted octanol–water partition coefficient (Wildman–Crippen LogP) is 4.50. The molecule has 0 atom stereocenters. The number of amides is 2. The minimum atomic E-state index is -3.53. The molecule has 9 heteroatoms. The SMILES string of the molecule is COc1ccc(CNC(=O)Nc2ccc(S(=O)(=O)Cc3ccc4c(c3)CN(CCl)C4)cc2)cc1. The fourth-order valence-corrected chi connectivity index (χ4v) is 5.35. The van der Waals surface area contributed by atoms with E-state index in [1.807, 2.05) is 42.5 Å². The highest BCUT2D eigenvalue weighted by Crippen LogP contribution is 2.26. The van der Waals surface area contributed by atoms with Crippen LogP contribution in [-0.2, 0) is 35.2 Å². The Bertz CT molecular complexity index is 1260. The smallest absolute Gasteiger partial charge is 0.319 e. The lowest BCUT2D eigenvalue weighted by atomic mass is 10.1. The molecule has 1 aliphatic rings. The first kappa shape index (κ1) is 24.1. The van der Waals surface area contributed by atoms with Crippen LogP contribution in [0.5, 0.6) is 5.75 Å². The molecule has 0 fully saturated rings. The maximum atomic E-state index is 12.9. The molecule has 0 unspecified atom stereocenters. The molecule has 2 N–H and O–H groups in total. The Kier molecular flexibility index (Phi) is 7.41. The van der Waals surface area contributed by atoms with Gasteiger partial charge in [-0.2, -0.15) is 0 Å². The lowest BCUT2D eigenvalue weighted by Crippen LogP contribution is -2.28. The van der Waals surface area contributed by atoms with Crippen molar-refractivity contribution in [1.82, 2.24) is 10.2 Å². The molecular formula is C25H26ClN3O4S. The van der Waals surface area contributed by atoms with Gasteiger partial charge in [-0.15, -0.1) is 11.6 Å². The number of methoxy groups -OCH3 is 1. The van der Waals surface area contributed by atoms with Gasteiger partial charge in [-0.3, -0.25) is 4.90 Å². The number of carbonyl (C=O) groups is 1. The summed E-state index contributed by atoms with van der Waals surface area (Å²) in [5, 5.41) is 5.49. The molecule has 178 valence electrons. The van der Waals surface area contributed by atoms with Gasteiger partial charge in [-0.25, -0.2) is 13.2 Å². The van der Waals surface area contributed by atoms with Gasteiger partial charge >= 0.3 is 6.03 Å². The van der Waals surface area contributed by atoms with E-state index in [0.717, 1.165) is 35.5 Å². The molecule has 1 aliphatic heterocycles. The van der Waals surface area contributed by atoms with Crippen molar-refractivity contribution in [3.05, 3.63) is 89.0 Å². The van der Waals surface area contributed by atoms with E-state index in [0.29, 0.717) is 18.2 Å². The van der Waals surface area contributed by atoms with E-state index >= 15 is 0 Å². The van der Waals surface area contributed by atoms with Gasteiger partial charge in [0.1, 0.15) is 5.75 Å². The lowest BCUT2D eigenvalue weighted by Gasteiger charge is -2.10. The first-order valence-electron chi connectivity index (χ1n) is 10.8. The van der Waals surface area contributed by atoms with E-state index in [-0.39, 0.29) is 16.7 Å². The van der Waals surface area contributed by atoms with Crippen molar-refractivity contribution in [2.24, 2.45) is 0 Å². The maximum Gasteiger partial charge on any atom is 0.319 e. The first-order chi connectivity index (χ1) is 16.4.